The van der Waals surface area contributed by atoms with Crippen molar-refractivity contribution in [3.8, 4) is 0 Å². The van der Waals surface area contributed by atoms with Gasteiger partial charge in [0.15, 0.2) is 44.0 Å². The van der Waals surface area contributed by atoms with Crippen molar-refractivity contribution >= 4 is 68.5 Å². The highest BCUT2D eigenvalue weighted by atomic mass is 33.1. The Labute approximate surface area is 669 Å². The summed E-state index contributed by atoms with van der Waals surface area (Å²) in [5.41, 5.74) is 16.6. The number of hydrogen-bond donors (Lipinski definition) is 23. The largest absolute Gasteiger partial charge is 0.394 e. The standard InChI is InChI=1S/C59H99N3O39S2.C7H10N2S2/c1-19(68)3-5-86-7-8-87-6-4-21(69)9-20(51(60)84)15-102-17-28-49-35(75)42(82)58(93-28)98-47-26(13-66)89-55(38(78)31(47)71)97-46-25(12-65)92-57(41(81)34(46)74)101-50-29(18-103-16-22(62-2)52(61)85)94-59(43(83)36(50)76)99-48-27(14-67)90-54(39(79)32(48)72)95-44-23(10-63)88-53(37(77)30(44)70)96-45-24(11-64)91-56(100-49)40(80)33(45)73;8-4-6-10-11-7-3-1-2-5-9-7/h20,22-50,53-59,62-67,70-83H,3-18H2,1-2H3,(H2,60,84)(H2,61,85);1-3,5H,4,6,8H2/t20-,22-,23?,24?,25?,26?,27?,28?,29?,30-,31-,32-,33-,34-,35-,36-,37?,38?,39?,40?,41?,42?,43?,44-,45-,46-,47-,48-,49-,50-,53-,54-,55+,56-,57+,58-,59+;/m1./s1. The monoisotopic (exact) mass is 1720 g/mol. The smallest absolute Gasteiger partial charge is 0.235 e. The van der Waals surface area contributed by atoms with E-state index in [1.807, 2.05) is 18.2 Å². The third-order valence-corrected chi connectivity index (χ3v) is 24.3. The first kappa shape index (κ1) is 96.8. The molecule has 21 aliphatic heterocycles. The number of amides is 2. The summed E-state index contributed by atoms with van der Waals surface area (Å²) in [7, 11) is 4.84. The van der Waals surface area contributed by atoms with Crippen LogP contribution < -0.4 is 22.5 Å². The van der Waals surface area contributed by atoms with Crippen LogP contribution in [0.4, 0.5) is 0 Å². The number of carbonyl (C=O) groups is 4. The second-order valence-corrected chi connectivity index (χ2v) is 32.3. The van der Waals surface area contributed by atoms with E-state index in [-0.39, 0.29) is 68.7 Å². The molecule has 44 nitrogen and oxygen atoms in total. The molecule has 0 radical (unpaired) electrons. The van der Waals surface area contributed by atoms with Crippen LogP contribution in [-0.2, 0) is 95.0 Å². The maximum Gasteiger partial charge on any atom is 0.235 e. The summed E-state index contributed by atoms with van der Waals surface area (Å²) in [5.74, 6) is -3.41. The second kappa shape index (κ2) is 47.1. The third-order valence-electron chi connectivity index (χ3n) is 19.6. The van der Waals surface area contributed by atoms with E-state index in [1.165, 1.54) is 14.0 Å². The van der Waals surface area contributed by atoms with Crippen LogP contribution in [-0.4, -0.2) is 448 Å². The lowest BCUT2D eigenvalue weighted by atomic mass is 9.95. The summed E-state index contributed by atoms with van der Waals surface area (Å²) in [6.07, 6.45) is -70.3. The van der Waals surface area contributed by atoms with Crippen LogP contribution in [0.15, 0.2) is 29.4 Å². The Kier molecular flexibility index (Phi) is 40.0. The minimum Gasteiger partial charge on any atom is -0.394 e. The maximum absolute atomic E-state index is 13.1. The van der Waals surface area contributed by atoms with Crippen molar-refractivity contribution in [1.82, 2.24) is 10.3 Å². The van der Waals surface area contributed by atoms with E-state index in [2.05, 4.69) is 10.3 Å². The molecule has 1 aromatic rings. The van der Waals surface area contributed by atoms with Crippen LogP contribution in [0.3, 0.4) is 0 Å². The lowest BCUT2D eigenvalue weighted by molar-refractivity contribution is -0.395. The molecule has 37 atom stereocenters. The van der Waals surface area contributed by atoms with Gasteiger partial charge >= 0.3 is 0 Å². The zero-order valence-electron chi connectivity index (χ0n) is 61.9. The lowest BCUT2D eigenvalue weighted by Crippen LogP contribution is -2.68. The highest BCUT2D eigenvalue weighted by molar-refractivity contribution is 8.76. The fourth-order valence-corrected chi connectivity index (χ4v) is 17.4. The van der Waals surface area contributed by atoms with Crippen molar-refractivity contribution in [3.63, 3.8) is 0 Å². The van der Waals surface area contributed by atoms with E-state index < -0.39 is 283 Å². The van der Waals surface area contributed by atoms with E-state index in [0.29, 0.717) is 0 Å². The number of likely N-dealkylation sites (N-methyl/N-ethyl adjacent to an activating group) is 1. The molecule has 0 spiro atoms. The fourth-order valence-electron chi connectivity index (χ4n) is 13.2. The highest BCUT2D eigenvalue weighted by Gasteiger charge is 2.60. The van der Waals surface area contributed by atoms with E-state index in [4.69, 9.17) is 93.0 Å². The molecule has 26 N–H and O–H groups in total. The first-order valence-electron chi connectivity index (χ1n) is 36.7. The number of ketones is 2. The fraction of sp³-hybridized carbons (Fsp3) is 0.864. The molecule has 0 aliphatic carbocycles. The molecule has 0 saturated carbocycles. The van der Waals surface area contributed by atoms with Gasteiger partial charge in [-0.25, -0.2) is 4.98 Å². The number of nitrogens with one attached hydrogen (secondary N) is 1. The molecular weight excluding hydrogens is 1610 g/mol. The Balaban J connectivity index is 0.00000136. The van der Waals surface area contributed by atoms with E-state index in [9.17, 15) is 116 Å². The molecule has 21 fully saturated rings. The Bertz CT molecular complexity index is 3030. The van der Waals surface area contributed by atoms with Crippen molar-refractivity contribution in [2.75, 3.05) is 102 Å². The minimum atomic E-state index is -2.29. The summed E-state index contributed by atoms with van der Waals surface area (Å²) in [4.78, 5) is 53.4. The van der Waals surface area contributed by atoms with Crippen LogP contribution >= 0.6 is 45.1 Å². The van der Waals surface area contributed by atoms with Crippen LogP contribution in [0, 0.1) is 5.92 Å². The number of nitrogens with two attached hydrogens (primary N) is 3. The summed E-state index contributed by atoms with van der Waals surface area (Å²) >= 11 is 1.83. The Hall–Kier alpha value is -2.65. The molecule has 14 unspecified atom stereocenters. The molecule has 2 amide bonds. The Morgan fingerprint density at radius 2 is 0.754 bits per heavy atom. The number of aliphatic hydroxyl groups excluding tert-OH is 19. The van der Waals surface area contributed by atoms with Crippen LogP contribution in [0.5, 0.6) is 0 Å². The zero-order chi connectivity index (χ0) is 83.4. The number of rotatable bonds is 31. The van der Waals surface area contributed by atoms with Gasteiger partial charge in [0.2, 0.25) is 11.8 Å². The predicted octanol–water partition coefficient (Wildman–Crippen LogP) is -12.4. The molecule has 0 aromatic carbocycles. The first-order valence-corrected chi connectivity index (χ1v) is 41.3. The van der Waals surface area contributed by atoms with Crippen molar-refractivity contribution < 1.29 is 192 Å². The van der Waals surface area contributed by atoms with E-state index in [0.717, 1.165) is 40.8 Å². The summed E-state index contributed by atoms with van der Waals surface area (Å²) < 4.78 is 93.7. The van der Waals surface area contributed by atoms with Gasteiger partial charge in [0.1, 0.15) is 175 Å². The first-order chi connectivity index (χ1) is 54.4. The molecule has 21 aliphatic rings. The molecule has 656 valence electrons. The molecule has 22 heterocycles. The summed E-state index contributed by atoms with van der Waals surface area (Å²) in [6, 6.07) is 4.94. The van der Waals surface area contributed by atoms with Gasteiger partial charge in [-0.2, -0.15) is 23.5 Å². The van der Waals surface area contributed by atoms with Gasteiger partial charge in [-0.1, -0.05) is 16.9 Å². The van der Waals surface area contributed by atoms with Crippen molar-refractivity contribution in [2.24, 2.45) is 23.1 Å². The predicted molar refractivity (Wildman–Crippen MR) is 386 cm³/mol. The average Bonchev–Trinajstić information content (AvgIpc) is 0.779. The van der Waals surface area contributed by atoms with Crippen LogP contribution in [0.2, 0.25) is 0 Å². The van der Waals surface area contributed by atoms with Crippen LogP contribution in [0.25, 0.3) is 0 Å². The van der Waals surface area contributed by atoms with Gasteiger partial charge in [0, 0.05) is 60.8 Å². The Morgan fingerprint density at radius 3 is 1.04 bits per heavy atom. The Morgan fingerprint density at radius 1 is 0.439 bits per heavy atom. The molecule has 22 rings (SSSR count). The van der Waals surface area contributed by atoms with Crippen molar-refractivity contribution in [3.05, 3.63) is 24.4 Å². The number of carbonyl (C=O) groups excluding carboxylic acids is 4. The number of ether oxygens (including phenoxy) is 16. The number of aromatic nitrogens is 1. The third kappa shape index (κ3) is 25.3. The molecule has 21 saturated heterocycles. The summed E-state index contributed by atoms with van der Waals surface area (Å²) in [5, 5.41) is 221. The summed E-state index contributed by atoms with van der Waals surface area (Å²) in [6.45, 7) is -2.98. The number of primary amides is 2. The number of nitrogens with zero attached hydrogens (tertiary/aromatic N) is 1. The average molecular weight is 1720 g/mol. The SMILES string of the molecule is CN[C@H](CSCC1O[C@H]2O[C@@H]3C(CO)O[C@H](O[C@@H]4C(CO)O[C@H](O[C@@H]5C(CO)O[C@H](O[C@@H]6C(CSC[C@@H](CC(=O)CCOCCOCCC(C)=O)C(N)=O)O[C@H](O[C@@H]7C(CO)O[C@@H](O[C@@H]8C(CO)O[C@@H](O[C@H]1[C@H](O)C2O)C(O)[C@H]8O)C(O)[C@H]7O)C(O)[C@H]6O)C(O)[C@H]5O)C(O)[C@H]4O)C(O)[C@H]3O)C(N)=O.NCCSSc1ccccn1. The lowest BCUT2D eigenvalue weighted by Gasteiger charge is -2.50. The second-order valence-electron chi connectivity index (χ2n) is 27.7. The van der Waals surface area contributed by atoms with Gasteiger partial charge in [-0.15, -0.1) is 0 Å². The van der Waals surface area contributed by atoms with Gasteiger partial charge < -0.3 is 195 Å². The number of aliphatic hydroxyl groups is 19. The van der Waals surface area contributed by atoms with E-state index in [1.54, 1.807) is 27.8 Å². The van der Waals surface area contributed by atoms with Crippen LogP contribution in [0.1, 0.15) is 26.2 Å². The van der Waals surface area contributed by atoms with Gasteiger partial charge in [-0.05, 0) is 36.9 Å². The topological polar surface area (TPSA) is 703 Å². The number of hydrogen-bond acceptors (Lipinski definition) is 46. The quantitative estimate of drug-likeness (QED) is 0.0242. The van der Waals surface area contributed by atoms with Gasteiger partial charge in [0.25, 0.3) is 0 Å². The molecule has 48 heteroatoms. The molecule has 14 bridgehead atoms. The molecule has 114 heavy (non-hydrogen) atoms. The maximum atomic E-state index is 13.1. The van der Waals surface area contributed by atoms with Crippen molar-refractivity contribution in [1.29, 1.82) is 0 Å². The number of thioether (sulfide) groups is 2. The van der Waals surface area contributed by atoms with Gasteiger partial charge in [-0.3, -0.25) is 19.2 Å². The van der Waals surface area contributed by atoms with E-state index >= 15 is 0 Å². The minimum absolute atomic E-state index is 0.0645. The molecular formula is C66H109N5O39S4. The number of Topliss-reactive ketones (excluding diaryl/α,β-unsaturated/α-hetero) is 2. The van der Waals surface area contributed by atoms with Gasteiger partial charge in [0.05, 0.1) is 83.6 Å². The van der Waals surface area contributed by atoms with Crippen molar-refractivity contribution in [2.45, 2.75) is 252 Å². The number of pyridine rings is 1. The zero-order valence-corrected chi connectivity index (χ0v) is 65.1. The highest BCUT2D eigenvalue weighted by Crippen LogP contribution is 2.40. The molecule has 1 aromatic heterocycles. The normalized spacial score (nSPS) is 41.5.